The van der Waals surface area contributed by atoms with Crippen LogP contribution in [0.4, 0.5) is 38.4 Å². The van der Waals surface area contributed by atoms with E-state index >= 15 is 0 Å². The van der Waals surface area contributed by atoms with Crippen molar-refractivity contribution in [3.05, 3.63) is 65.2 Å². The van der Waals surface area contributed by atoms with Crippen molar-refractivity contribution in [2.24, 2.45) is 0 Å². The molecule has 53 heavy (non-hydrogen) atoms. The standard InChI is InChI=1S/C35H35ClF6N6O5/c1-2-49-31-17-21(3-6-26(31)36)20-46-15-11-23(12-16-46)48(33-45-28-19-25(53-35(40,41)42)5-8-30(28)51-33)47(22-9-13-43-14-10-22)32-44-27-18-24(52-34(37,38)39)4-7-29(27)50-32/h3-8,17-19,22-23,43H,2,9-16,20H2,1H3. The van der Waals surface area contributed by atoms with Crippen LogP contribution < -0.4 is 29.5 Å². The summed E-state index contributed by atoms with van der Waals surface area (Å²) in [7, 11) is 0. The Kier molecular flexibility index (Phi) is 10.4. The monoisotopic (exact) mass is 768 g/mol. The summed E-state index contributed by atoms with van der Waals surface area (Å²) in [5.74, 6) is -0.293. The largest absolute Gasteiger partial charge is 0.573 e. The molecule has 7 rings (SSSR count). The van der Waals surface area contributed by atoms with Crippen LogP contribution in [0.15, 0.2) is 63.4 Å². The van der Waals surface area contributed by atoms with Crippen LogP contribution >= 0.6 is 11.6 Å². The number of halogens is 7. The summed E-state index contributed by atoms with van der Waals surface area (Å²) in [5, 5.41) is 7.54. The van der Waals surface area contributed by atoms with Crippen LogP contribution in [0.3, 0.4) is 0 Å². The fourth-order valence-electron chi connectivity index (χ4n) is 6.77. The molecule has 0 bridgehead atoms. The zero-order chi connectivity index (χ0) is 37.3. The molecule has 5 aromatic rings. The van der Waals surface area contributed by atoms with Crippen LogP contribution in [0.2, 0.25) is 5.02 Å². The molecule has 2 saturated heterocycles. The van der Waals surface area contributed by atoms with Crippen molar-refractivity contribution < 1.29 is 49.4 Å². The van der Waals surface area contributed by atoms with Gasteiger partial charge in [0.1, 0.15) is 28.3 Å². The van der Waals surface area contributed by atoms with E-state index < -0.39 is 24.2 Å². The summed E-state index contributed by atoms with van der Waals surface area (Å²) in [6, 6.07) is 12.7. The highest BCUT2D eigenvalue weighted by molar-refractivity contribution is 6.32. The van der Waals surface area contributed by atoms with Crippen molar-refractivity contribution in [2.75, 3.05) is 42.8 Å². The van der Waals surface area contributed by atoms with Gasteiger partial charge in [-0.05, 0) is 87.7 Å². The van der Waals surface area contributed by atoms with E-state index in [9.17, 15) is 26.3 Å². The predicted molar refractivity (Wildman–Crippen MR) is 183 cm³/mol. The van der Waals surface area contributed by atoms with Gasteiger partial charge in [0.25, 0.3) is 0 Å². The number of nitrogens with one attached hydrogen (secondary N) is 1. The van der Waals surface area contributed by atoms with E-state index in [1.165, 1.54) is 12.1 Å². The van der Waals surface area contributed by atoms with Crippen molar-refractivity contribution >= 4 is 45.8 Å². The minimum atomic E-state index is -4.90. The van der Waals surface area contributed by atoms with E-state index in [1.54, 1.807) is 0 Å². The van der Waals surface area contributed by atoms with E-state index in [2.05, 4.69) is 29.7 Å². The molecular weight excluding hydrogens is 734 g/mol. The average Bonchev–Trinajstić information content (AvgIpc) is 3.71. The Labute approximate surface area is 304 Å². The van der Waals surface area contributed by atoms with Gasteiger partial charge in [0, 0.05) is 31.8 Å². The molecular formula is C35H35ClF6N6O5. The maximum absolute atomic E-state index is 13.1. The summed E-state index contributed by atoms with van der Waals surface area (Å²) in [4.78, 5) is 11.6. The average molecular weight is 769 g/mol. The molecule has 0 amide bonds. The fraction of sp³-hybridized carbons (Fsp3) is 0.429. The summed E-state index contributed by atoms with van der Waals surface area (Å²) in [6.07, 6.45) is -7.31. The number of hydrogen-bond acceptors (Lipinski definition) is 11. The number of likely N-dealkylation sites (tertiary alicyclic amines) is 1. The highest BCUT2D eigenvalue weighted by Crippen LogP contribution is 2.38. The Bertz CT molecular complexity index is 2030. The number of hydrogen-bond donors (Lipinski definition) is 1. The number of anilines is 2. The first kappa shape index (κ1) is 36.7. The highest BCUT2D eigenvalue weighted by Gasteiger charge is 2.39. The number of fused-ring (bicyclic) bond motifs is 2. The van der Waals surface area contributed by atoms with Crippen LogP contribution in [0.5, 0.6) is 17.2 Å². The van der Waals surface area contributed by atoms with Crippen molar-refractivity contribution in [3.63, 3.8) is 0 Å². The molecule has 11 nitrogen and oxygen atoms in total. The van der Waals surface area contributed by atoms with Gasteiger partial charge in [-0.15, -0.1) is 26.3 Å². The number of aromatic nitrogens is 2. The Morgan fingerprint density at radius 2 is 1.30 bits per heavy atom. The van der Waals surface area contributed by atoms with Crippen LogP contribution in [0.1, 0.15) is 38.2 Å². The normalized spacial score (nSPS) is 16.7. The van der Waals surface area contributed by atoms with E-state index in [0.717, 1.165) is 29.8 Å². The fourth-order valence-corrected chi connectivity index (χ4v) is 6.94. The first-order chi connectivity index (χ1) is 25.3. The molecule has 2 aromatic heterocycles. The van der Waals surface area contributed by atoms with Crippen LogP contribution in [-0.2, 0) is 6.54 Å². The lowest BCUT2D eigenvalue weighted by atomic mass is 10.0. The summed E-state index contributed by atoms with van der Waals surface area (Å²) < 4.78 is 105. The summed E-state index contributed by atoms with van der Waals surface area (Å²) >= 11 is 6.31. The summed E-state index contributed by atoms with van der Waals surface area (Å²) in [5.41, 5.74) is 1.75. The lowest BCUT2D eigenvalue weighted by Crippen LogP contribution is -2.59. The lowest BCUT2D eigenvalue weighted by molar-refractivity contribution is -0.275. The molecule has 0 atom stereocenters. The number of hydrazine groups is 1. The molecule has 0 unspecified atom stereocenters. The van der Waals surface area contributed by atoms with Gasteiger partial charge in [0.15, 0.2) is 11.2 Å². The van der Waals surface area contributed by atoms with E-state index in [1.807, 2.05) is 35.1 Å². The van der Waals surface area contributed by atoms with Crippen LogP contribution in [0, 0.1) is 0 Å². The number of ether oxygens (including phenoxy) is 3. The van der Waals surface area contributed by atoms with Crippen molar-refractivity contribution in [3.8, 4) is 17.2 Å². The second-order valence-electron chi connectivity index (χ2n) is 12.7. The molecule has 4 heterocycles. The molecule has 2 aliphatic heterocycles. The third-order valence-corrected chi connectivity index (χ3v) is 9.36. The zero-order valence-corrected chi connectivity index (χ0v) is 29.1. The zero-order valence-electron chi connectivity index (χ0n) is 28.3. The lowest BCUT2D eigenvalue weighted by Gasteiger charge is -2.46. The number of alkyl halides is 6. The van der Waals surface area contributed by atoms with Gasteiger partial charge < -0.3 is 28.4 Å². The second-order valence-corrected chi connectivity index (χ2v) is 13.1. The quantitative estimate of drug-likeness (QED) is 0.104. The molecule has 284 valence electrons. The smallest absolute Gasteiger partial charge is 0.492 e. The van der Waals surface area contributed by atoms with Gasteiger partial charge in [-0.3, -0.25) is 4.90 Å². The molecule has 0 spiro atoms. The maximum Gasteiger partial charge on any atom is 0.573 e. The second kappa shape index (κ2) is 15.0. The van der Waals surface area contributed by atoms with Crippen LogP contribution in [0.25, 0.3) is 22.2 Å². The summed E-state index contributed by atoms with van der Waals surface area (Å²) in [6.45, 7) is 5.64. The predicted octanol–water partition coefficient (Wildman–Crippen LogP) is 8.46. The molecule has 3 aromatic carbocycles. The third-order valence-electron chi connectivity index (χ3n) is 9.05. The topological polar surface area (TPSA) is 102 Å². The van der Waals surface area contributed by atoms with Crippen molar-refractivity contribution in [1.29, 1.82) is 0 Å². The number of oxazole rings is 2. The minimum Gasteiger partial charge on any atom is -0.492 e. The van der Waals surface area contributed by atoms with Gasteiger partial charge >= 0.3 is 24.8 Å². The first-order valence-corrected chi connectivity index (χ1v) is 17.4. The molecule has 0 aliphatic carbocycles. The van der Waals surface area contributed by atoms with Gasteiger partial charge in [0.05, 0.1) is 23.7 Å². The van der Waals surface area contributed by atoms with Crippen molar-refractivity contribution in [2.45, 2.75) is 64.0 Å². The molecule has 1 N–H and O–H groups in total. The van der Waals surface area contributed by atoms with Gasteiger partial charge in [-0.1, -0.05) is 17.7 Å². The SMILES string of the molecule is CCOc1cc(CN2CCC(N(c3nc4cc(OC(F)(F)F)ccc4o3)N(c3nc4cc(OC(F)(F)F)ccc4o3)C3CCNCC3)CC2)ccc1Cl. The molecule has 0 radical (unpaired) electrons. The Morgan fingerprint density at radius 3 is 1.81 bits per heavy atom. The molecule has 0 saturated carbocycles. The van der Waals surface area contributed by atoms with E-state index in [0.29, 0.717) is 75.8 Å². The van der Waals surface area contributed by atoms with Gasteiger partial charge in [-0.25, -0.2) is 10.0 Å². The molecule has 2 aliphatic rings. The van der Waals surface area contributed by atoms with Crippen molar-refractivity contribution in [1.82, 2.24) is 20.2 Å². The Hall–Kier alpha value is -4.61. The first-order valence-electron chi connectivity index (χ1n) is 17.1. The van der Waals surface area contributed by atoms with Gasteiger partial charge in [0.2, 0.25) is 0 Å². The minimum absolute atomic E-state index is 0.0866. The highest BCUT2D eigenvalue weighted by atomic mass is 35.5. The number of benzene rings is 3. The third kappa shape index (κ3) is 8.79. The Morgan fingerprint density at radius 1 is 0.774 bits per heavy atom. The number of piperidine rings is 2. The maximum atomic E-state index is 13.1. The number of nitrogens with zero attached hydrogens (tertiary/aromatic N) is 5. The number of rotatable bonds is 11. The van der Waals surface area contributed by atoms with Gasteiger partial charge in [-0.2, -0.15) is 9.97 Å². The van der Waals surface area contributed by atoms with Crippen LogP contribution in [-0.4, -0.2) is 72.5 Å². The molecule has 2 fully saturated rings. The van der Waals surface area contributed by atoms with E-state index in [-0.39, 0.29) is 46.3 Å². The Balaban J connectivity index is 1.25. The molecule has 18 heteroatoms. The van der Waals surface area contributed by atoms with E-state index in [4.69, 9.17) is 25.2 Å².